The van der Waals surface area contributed by atoms with Crippen molar-refractivity contribution in [2.45, 2.75) is 12.8 Å². The monoisotopic (exact) mass is 329 g/mol. The first-order valence-electron chi connectivity index (χ1n) is 7.19. The van der Waals surface area contributed by atoms with Gasteiger partial charge in [0.1, 0.15) is 0 Å². The minimum atomic E-state index is -0.0420. The zero-order valence-corrected chi connectivity index (χ0v) is 13.7. The van der Waals surface area contributed by atoms with Gasteiger partial charge in [-0.1, -0.05) is 23.2 Å². The van der Waals surface area contributed by atoms with Crippen molar-refractivity contribution in [3.05, 3.63) is 28.2 Å². The van der Waals surface area contributed by atoms with Gasteiger partial charge < -0.3 is 10.6 Å². The number of nitrogens with one attached hydrogen (secondary N) is 2. The number of piperidine rings is 1. The number of carbonyl (C=O) groups excluding carboxylic acids is 1. The first kappa shape index (κ1) is 16.6. The minimum absolute atomic E-state index is 0.0420. The van der Waals surface area contributed by atoms with E-state index >= 15 is 0 Å². The molecule has 0 saturated carbocycles. The number of benzene rings is 1. The molecule has 2 N–H and O–H groups in total. The lowest BCUT2D eigenvalue weighted by atomic mass is 9.99. The van der Waals surface area contributed by atoms with E-state index in [1.54, 1.807) is 18.2 Å². The molecule has 1 fully saturated rings. The molecular formula is C15H21Cl2N3O. The second-order valence-corrected chi connectivity index (χ2v) is 6.40. The van der Waals surface area contributed by atoms with Crippen LogP contribution < -0.4 is 10.6 Å². The van der Waals surface area contributed by atoms with E-state index in [-0.39, 0.29) is 5.91 Å². The second kappa shape index (κ2) is 7.99. The van der Waals surface area contributed by atoms with E-state index in [1.165, 1.54) is 12.8 Å². The maximum absolute atomic E-state index is 12.0. The molecule has 116 valence electrons. The van der Waals surface area contributed by atoms with Crippen LogP contribution in [-0.4, -0.2) is 44.0 Å². The fourth-order valence-corrected chi connectivity index (χ4v) is 2.90. The highest BCUT2D eigenvalue weighted by Crippen LogP contribution is 2.24. The lowest BCUT2D eigenvalue weighted by molar-refractivity contribution is -0.117. The Balaban J connectivity index is 1.78. The van der Waals surface area contributed by atoms with E-state index in [2.05, 4.69) is 15.5 Å². The summed E-state index contributed by atoms with van der Waals surface area (Å²) in [6.45, 7) is 3.45. The molecule has 0 bridgehead atoms. The molecule has 1 unspecified atom stereocenters. The highest BCUT2D eigenvalue weighted by molar-refractivity contribution is 6.42. The van der Waals surface area contributed by atoms with Crippen molar-refractivity contribution in [3.8, 4) is 0 Å². The van der Waals surface area contributed by atoms with Gasteiger partial charge in [0.05, 0.1) is 16.6 Å². The van der Waals surface area contributed by atoms with E-state index in [4.69, 9.17) is 23.2 Å². The van der Waals surface area contributed by atoms with Gasteiger partial charge in [0.2, 0.25) is 5.91 Å². The average Bonchev–Trinajstić information content (AvgIpc) is 2.43. The predicted octanol–water partition coefficient (Wildman–Crippen LogP) is 2.86. The summed E-state index contributed by atoms with van der Waals surface area (Å²) in [4.78, 5) is 14.1. The van der Waals surface area contributed by atoms with Crippen molar-refractivity contribution in [3.63, 3.8) is 0 Å². The van der Waals surface area contributed by atoms with E-state index in [0.29, 0.717) is 28.2 Å². The van der Waals surface area contributed by atoms with Crippen LogP contribution in [0.5, 0.6) is 0 Å². The maximum Gasteiger partial charge on any atom is 0.238 e. The minimum Gasteiger partial charge on any atom is -0.325 e. The first-order chi connectivity index (χ1) is 10.0. The summed E-state index contributed by atoms with van der Waals surface area (Å²) in [5.74, 6) is 0.584. The van der Waals surface area contributed by atoms with Crippen LogP contribution in [0.2, 0.25) is 10.0 Å². The molecule has 1 aromatic carbocycles. The largest absolute Gasteiger partial charge is 0.325 e. The van der Waals surface area contributed by atoms with Crippen molar-refractivity contribution in [1.29, 1.82) is 0 Å². The Morgan fingerprint density at radius 2 is 2.24 bits per heavy atom. The normalized spacial score (nSPS) is 18.8. The van der Waals surface area contributed by atoms with Gasteiger partial charge in [0.25, 0.3) is 0 Å². The number of nitrogens with zero attached hydrogens (tertiary/aromatic N) is 1. The molecule has 1 atom stereocenters. The molecule has 0 spiro atoms. The lowest BCUT2D eigenvalue weighted by Gasteiger charge is -2.27. The number of carbonyl (C=O) groups is 1. The average molecular weight is 330 g/mol. The van der Waals surface area contributed by atoms with Gasteiger partial charge in [-0.3, -0.25) is 9.69 Å². The van der Waals surface area contributed by atoms with E-state index in [1.807, 2.05) is 7.05 Å². The summed E-state index contributed by atoms with van der Waals surface area (Å²) >= 11 is 11.8. The van der Waals surface area contributed by atoms with Crippen LogP contribution in [0.1, 0.15) is 12.8 Å². The zero-order valence-electron chi connectivity index (χ0n) is 12.2. The molecule has 4 nitrogen and oxygen atoms in total. The topological polar surface area (TPSA) is 44.4 Å². The number of amides is 1. The Labute approximate surface area is 135 Å². The number of halogens is 2. The Bertz CT molecular complexity index is 490. The van der Waals surface area contributed by atoms with Crippen LogP contribution in [0.15, 0.2) is 18.2 Å². The molecule has 1 amide bonds. The van der Waals surface area contributed by atoms with Crippen LogP contribution in [0.25, 0.3) is 0 Å². The molecule has 1 aliphatic rings. The number of anilines is 1. The molecule has 0 aromatic heterocycles. The summed E-state index contributed by atoms with van der Waals surface area (Å²) in [5.41, 5.74) is 0.669. The Hall–Kier alpha value is -0.810. The standard InChI is InChI=1S/C15H21Cl2N3O/c1-20(9-11-3-2-6-18-8-11)10-15(21)19-12-4-5-13(16)14(17)7-12/h4-5,7,11,18H,2-3,6,8-10H2,1H3,(H,19,21). The third-order valence-corrected chi connectivity index (χ3v) is 4.32. The number of likely N-dealkylation sites (N-methyl/N-ethyl adjacent to an activating group) is 1. The lowest BCUT2D eigenvalue weighted by Crippen LogP contribution is -2.39. The molecule has 0 radical (unpaired) electrons. The van der Waals surface area contributed by atoms with Gasteiger partial charge in [0, 0.05) is 12.2 Å². The van der Waals surface area contributed by atoms with Gasteiger partial charge in [-0.25, -0.2) is 0 Å². The summed E-state index contributed by atoms with van der Waals surface area (Å²) in [6.07, 6.45) is 2.44. The van der Waals surface area contributed by atoms with Crippen LogP contribution in [0, 0.1) is 5.92 Å². The van der Waals surface area contributed by atoms with Crippen LogP contribution in [0.4, 0.5) is 5.69 Å². The van der Waals surface area contributed by atoms with Crippen LogP contribution in [-0.2, 0) is 4.79 Å². The molecule has 6 heteroatoms. The summed E-state index contributed by atoms with van der Waals surface area (Å²) in [7, 11) is 1.98. The van der Waals surface area contributed by atoms with Gasteiger partial charge >= 0.3 is 0 Å². The number of rotatable bonds is 5. The highest BCUT2D eigenvalue weighted by Gasteiger charge is 2.16. The molecule has 1 aromatic rings. The van der Waals surface area contributed by atoms with Crippen molar-refractivity contribution in [1.82, 2.24) is 10.2 Å². The number of hydrogen-bond acceptors (Lipinski definition) is 3. The van der Waals surface area contributed by atoms with Crippen molar-refractivity contribution in [2.75, 3.05) is 38.5 Å². The molecule has 1 aliphatic heterocycles. The molecule has 21 heavy (non-hydrogen) atoms. The third-order valence-electron chi connectivity index (χ3n) is 3.59. The van der Waals surface area contributed by atoms with E-state index < -0.39 is 0 Å². The quantitative estimate of drug-likeness (QED) is 0.873. The highest BCUT2D eigenvalue weighted by atomic mass is 35.5. The van der Waals surface area contributed by atoms with Gasteiger partial charge in [-0.05, 0) is 57.1 Å². The van der Waals surface area contributed by atoms with E-state index in [0.717, 1.165) is 19.6 Å². The van der Waals surface area contributed by atoms with Gasteiger partial charge in [-0.15, -0.1) is 0 Å². The third kappa shape index (κ3) is 5.47. The zero-order chi connectivity index (χ0) is 15.2. The van der Waals surface area contributed by atoms with Crippen molar-refractivity contribution >= 4 is 34.8 Å². The molecular weight excluding hydrogens is 309 g/mol. The smallest absolute Gasteiger partial charge is 0.238 e. The summed E-state index contributed by atoms with van der Waals surface area (Å²) in [6, 6.07) is 5.08. The first-order valence-corrected chi connectivity index (χ1v) is 7.94. The van der Waals surface area contributed by atoms with Crippen LogP contribution in [0.3, 0.4) is 0 Å². The Kier molecular flexibility index (Phi) is 6.30. The van der Waals surface area contributed by atoms with Gasteiger partial charge in [0.15, 0.2) is 0 Å². The SMILES string of the molecule is CN(CC(=O)Nc1ccc(Cl)c(Cl)c1)CC1CCCNC1. The van der Waals surface area contributed by atoms with Gasteiger partial charge in [-0.2, -0.15) is 0 Å². The molecule has 0 aliphatic carbocycles. The molecule has 1 heterocycles. The molecule has 1 saturated heterocycles. The second-order valence-electron chi connectivity index (χ2n) is 5.59. The van der Waals surface area contributed by atoms with Crippen molar-refractivity contribution in [2.24, 2.45) is 5.92 Å². The van der Waals surface area contributed by atoms with Crippen LogP contribution >= 0.6 is 23.2 Å². The fourth-order valence-electron chi connectivity index (χ4n) is 2.60. The van der Waals surface area contributed by atoms with Crippen molar-refractivity contribution < 1.29 is 4.79 Å². The summed E-state index contributed by atoms with van der Waals surface area (Å²) < 4.78 is 0. The Morgan fingerprint density at radius 3 is 2.90 bits per heavy atom. The Morgan fingerprint density at radius 1 is 1.43 bits per heavy atom. The summed E-state index contributed by atoms with van der Waals surface area (Å²) in [5, 5.41) is 7.15. The fraction of sp³-hybridized carbons (Fsp3) is 0.533. The molecule has 2 rings (SSSR count). The number of hydrogen-bond donors (Lipinski definition) is 2. The maximum atomic E-state index is 12.0. The van der Waals surface area contributed by atoms with E-state index in [9.17, 15) is 4.79 Å². The predicted molar refractivity (Wildman–Crippen MR) is 88.2 cm³/mol.